The molecule has 5 heteroatoms. The van der Waals surface area contributed by atoms with E-state index in [0.29, 0.717) is 36.6 Å². The van der Waals surface area contributed by atoms with Gasteiger partial charge in [-0.15, -0.1) is 0 Å². The van der Waals surface area contributed by atoms with Gasteiger partial charge in [-0.1, -0.05) is 6.07 Å². The van der Waals surface area contributed by atoms with E-state index in [9.17, 15) is 4.79 Å². The molecule has 1 N–H and O–H groups in total. The molecule has 0 spiro atoms. The van der Waals surface area contributed by atoms with Crippen molar-refractivity contribution in [2.45, 2.75) is 26.7 Å². The highest BCUT2D eigenvalue weighted by atomic mass is 16.5. The number of aryl methyl sites for hydroxylation is 2. The largest absolute Gasteiger partial charge is 0.490 e. The van der Waals surface area contributed by atoms with Crippen molar-refractivity contribution in [2.75, 3.05) is 11.9 Å². The lowest BCUT2D eigenvalue weighted by molar-refractivity contribution is 0.102. The number of amides is 1. The molecule has 0 fully saturated rings. The number of nitrogens with one attached hydrogen (secondary N) is 1. The Morgan fingerprint density at radius 1 is 1.30 bits per heavy atom. The van der Waals surface area contributed by atoms with Crippen LogP contribution in [0.5, 0.6) is 5.75 Å². The summed E-state index contributed by atoms with van der Waals surface area (Å²) in [7, 11) is 0. The van der Waals surface area contributed by atoms with Gasteiger partial charge >= 0.3 is 0 Å². The summed E-state index contributed by atoms with van der Waals surface area (Å²) in [5.41, 5.74) is 2.78. The quantitative estimate of drug-likeness (QED) is 0.827. The number of rotatable bonds is 6. The number of carbonyl (C=O) groups excluding carboxylic acids is 1. The molecule has 0 bridgehead atoms. The van der Waals surface area contributed by atoms with Crippen LogP contribution < -0.4 is 10.1 Å². The van der Waals surface area contributed by atoms with Gasteiger partial charge in [-0.05, 0) is 55.7 Å². The smallest absolute Gasteiger partial charge is 0.256 e. The Bertz CT molecular complexity index is 735. The van der Waals surface area contributed by atoms with E-state index in [4.69, 9.17) is 10.00 Å². The van der Waals surface area contributed by atoms with Crippen LogP contribution in [0.25, 0.3) is 0 Å². The lowest BCUT2D eigenvalue weighted by atomic mass is 10.1. The second-order valence-electron chi connectivity index (χ2n) is 5.21. The highest BCUT2D eigenvalue weighted by molar-refractivity contribution is 6.04. The first-order valence-corrected chi connectivity index (χ1v) is 7.45. The first kappa shape index (κ1) is 16.5. The molecule has 0 unspecified atom stereocenters. The number of unbranched alkanes of at least 4 members (excludes halogenated alkanes) is 1. The van der Waals surface area contributed by atoms with E-state index in [-0.39, 0.29) is 5.91 Å². The molecular weight excluding hydrogens is 290 g/mol. The molecule has 0 radical (unpaired) electrons. The third-order valence-corrected chi connectivity index (χ3v) is 3.46. The predicted octanol–water partition coefficient (Wildman–Crippen LogP) is 3.63. The normalized spacial score (nSPS) is 9.96. The average Bonchev–Trinajstić information content (AvgIpc) is 2.55. The zero-order valence-electron chi connectivity index (χ0n) is 13.3. The topological polar surface area (TPSA) is 75.0 Å². The van der Waals surface area contributed by atoms with Gasteiger partial charge in [0.05, 0.1) is 12.7 Å². The minimum Gasteiger partial charge on any atom is -0.490 e. The van der Waals surface area contributed by atoms with Gasteiger partial charge in [-0.3, -0.25) is 4.79 Å². The average molecular weight is 309 g/mol. The number of pyridine rings is 1. The standard InChI is InChI=1S/C18H19N3O2/c1-13-7-8-15(12-14(13)2)18(22)21-17-16(6-5-10-20-17)23-11-4-3-9-19/h5-8,10,12H,3-4,11H2,1-2H3,(H,20,21,22). The summed E-state index contributed by atoms with van der Waals surface area (Å²) in [6.07, 6.45) is 2.67. The number of carbonyl (C=O) groups is 1. The predicted molar refractivity (Wildman–Crippen MR) is 88.4 cm³/mol. The summed E-state index contributed by atoms with van der Waals surface area (Å²) in [4.78, 5) is 16.5. The molecule has 1 aromatic heterocycles. The number of anilines is 1. The molecule has 0 aliphatic carbocycles. The fourth-order valence-corrected chi connectivity index (χ4v) is 2.00. The number of hydrogen-bond acceptors (Lipinski definition) is 4. The molecule has 5 nitrogen and oxygen atoms in total. The summed E-state index contributed by atoms with van der Waals surface area (Å²) in [5, 5.41) is 11.3. The third-order valence-electron chi connectivity index (χ3n) is 3.46. The zero-order chi connectivity index (χ0) is 16.7. The first-order chi connectivity index (χ1) is 11.1. The monoisotopic (exact) mass is 309 g/mol. The minimum atomic E-state index is -0.228. The number of benzene rings is 1. The van der Waals surface area contributed by atoms with Crippen LogP contribution in [0, 0.1) is 25.2 Å². The van der Waals surface area contributed by atoms with Crippen LogP contribution in [0.4, 0.5) is 5.82 Å². The summed E-state index contributed by atoms with van der Waals surface area (Å²) in [6, 6.07) is 11.1. The molecule has 1 aromatic carbocycles. The van der Waals surface area contributed by atoms with Crippen molar-refractivity contribution in [3.8, 4) is 11.8 Å². The van der Waals surface area contributed by atoms with E-state index in [1.165, 1.54) is 0 Å². The minimum absolute atomic E-state index is 0.228. The Hall–Kier alpha value is -2.87. The van der Waals surface area contributed by atoms with E-state index >= 15 is 0 Å². The Labute approximate surface area is 135 Å². The Kier molecular flexibility index (Phi) is 5.70. The fraction of sp³-hybridized carbons (Fsp3) is 0.278. The van der Waals surface area contributed by atoms with Crippen LogP contribution in [0.15, 0.2) is 36.5 Å². The number of hydrogen-bond donors (Lipinski definition) is 1. The maximum absolute atomic E-state index is 12.4. The van der Waals surface area contributed by atoms with Gasteiger partial charge in [-0.2, -0.15) is 5.26 Å². The van der Waals surface area contributed by atoms with E-state index in [2.05, 4.69) is 16.4 Å². The zero-order valence-corrected chi connectivity index (χ0v) is 13.3. The molecule has 0 aliphatic heterocycles. The first-order valence-electron chi connectivity index (χ1n) is 7.45. The van der Waals surface area contributed by atoms with E-state index in [0.717, 1.165) is 11.1 Å². The van der Waals surface area contributed by atoms with Crippen LogP contribution in [0.3, 0.4) is 0 Å². The lowest BCUT2D eigenvalue weighted by Gasteiger charge is -2.11. The third kappa shape index (κ3) is 4.55. The molecular formula is C18H19N3O2. The summed E-state index contributed by atoms with van der Waals surface area (Å²) >= 11 is 0. The second kappa shape index (κ2) is 7.95. The van der Waals surface area contributed by atoms with Crippen LogP contribution >= 0.6 is 0 Å². The molecule has 118 valence electrons. The van der Waals surface area contributed by atoms with Gasteiger partial charge < -0.3 is 10.1 Å². The molecule has 0 aliphatic rings. The van der Waals surface area contributed by atoms with Crippen molar-refractivity contribution < 1.29 is 9.53 Å². The summed E-state index contributed by atoms with van der Waals surface area (Å²) in [6.45, 7) is 4.38. The molecule has 2 aromatic rings. The molecule has 1 heterocycles. The highest BCUT2D eigenvalue weighted by Crippen LogP contribution is 2.22. The van der Waals surface area contributed by atoms with Crippen molar-refractivity contribution in [3.05, 3.63) is 53.2 Å². The van der Waals surface area contributed by atoms with Crippen molar-refractivity contribution in [1.29, 1.82) is 5.26 Å². The van der Waals surface area contributed by atoms with Gasteiger partial charge in [0.2, 0.25) is 0 Å². The van der Waals surface area contributed by atoms with E-state index in [1.54, 1.807) is 24.4 Å². The van der Waals surface area contributed by atoms with Crippen molar-refractivity contribution in [2.24, 2.45) is 0 Å². The number of ether oxygens (including phenoxy) is 1. The van der Waals surface area contributed by atoms with E-state index < -0.39 is 0 Å². The fourth-order valence-electron chi connectivity index (χ4n) is 2.00. The van der Waals surface area contributed by atoms with E-state index in [1.807, 2.05) is 26.0 Å². The SMILES string of the molecule is Cc1ccc(C(=O)Nc2ncccc2OCCCC#N)cc1C. The number of nitriles is 1. The maximum atomic E-state index is 12.4. The van der Waals surface area contributed by atoms with Crippen molar-refractivity contribution >= 4 is 11.7 Å². The molecule has 23 heavy (non-hydrogen) atoms. The second-order valence-corrected chi connectivity index (χ2v) is 5.21. The van der Waals surface area contributed by atoms with Crippen LogP contribution in [-0.2, 0) is 0 Å². The van der Waals surface area contributed by atoms with Crippen molar-refractivity contribution in [1.82, 2.24) is 4.98 Å². The molecule has 0 saturated carbocycles. The Morgan fingerprint density at radius 3 is 2.87 bits per heavy atom. The molecule has 2 rings (SSSR count). The van der Waals surface area contributed by atoms with Crippen LogP contribution in [0.1, 0.15) is 34.3 Å². The van der Waals surface area contributed by atoms with Crippen LogP contribution in [0.2, 0.25) is 0 Å². The van der Waals surface area contributed by atoms with Gasteiger partial charge in [0.1, 0.15) is 0 Å². The Balaban J connectivity index is 2.08. The van der Waals surface area contributed by atoms with Gasteiger partial charge in [-0.25, -0.2) is 4.98 Å². The van der Waals surface area contributed by atoms with Gasteiger partial charge in [0.25, 0.3) is 5.91 Å². The molecule has 0 atom stereocenters. The lowest BCUT2D eigenvalue weighted by Crippen LogP contribution is -2.14. The number of nitrogens with zero attached hydrogens (tertiary/aromatic N) is 2. The van der Waals surface area contributed by atoms with Gasteiger partial charge in [0, 0.05) is 18.2 Å². The van der Waals surface area contributed by atoms with Crippen LogP contribution in [-0.4, -0.2) is 17.5 Å². The summed E-state index contributed by atoms with van der Waals surface area (Å²) < 4.78 is 5.59. The van der Waals surface area contributed by atoms with Gasteiger partial charge in [0.15, 0.2) is 11.6 Å². The van der Waals surface area contributed by atoms with Crippen molar-refractivity contribution in [3.63, 3.8) is 0 Å². The highest BCUT2D eigenvalue weighted by Gasteiger charge is 2.11. The number of aromatic nitrogens is 1. The molecule has 1 amide bonds. The molecule has 0 saturated heterocycles. The Morgan fingerprint density at radius 2 is 2.13 bits per heavy atom. The maximum Gasteiger partial charge on any atom is 0.256 e. The summed E-state index contributed by atoms with van der Waals surface area (Å²) in [5.74, 6) is 0.656.